The molecule has 6 heteroatoms. The van der Waals surface area contributed by atoms with E-state index < -0.39 is 5.91 Å². The minimum absolute atomic E-state index is 0.0287. The number of aryl methyl sites for hydroxylation is 1. The first kappa shape index (κ1) is 21.4. The predicted molar refractivity (Wildman–Crippen MR) is 121 cm³/mol. The number of nitrogens with zero attached hydrogens (tertiary/aromatic N) is 1. The fourth-order valence-electron chi connectivity index (χ4n) is 2.71. The third-order valence-corrected chi connectivity index (χ3v) is 5.03. The number of amides is 1. The van der Waals surface area contributed by atoms with Crippen molar-refractivity contribution in [3.8, 4) is 11.8 Å². The lowest BCUT2D eigenvalue weighted by Crippen LogP contribution is -2.14. The molecule has 3 rings (SSSR count). The van der Waals surface area contributed by atoms with E-state index in [-0.39, 0.29) is 12.2 Å². The molecule has 150 valence electrons. The first-order valence-electron chi connectivity index (χ1n) is 9.12. The molecule has 0 aromatic heterocycles. The number of hydrogen-bond donors (Lipinski definition) is 1. The Balaban J connectivity index is 1.73. The summed E-state index contributed by atoms with van der Waals surface area (Å²) in [6.07, 6.45) is 1.48. The van der Waals surface area contributed by atoms with Gasteiger partial charge in [0.1, 0.15) is 24.0 Å². The largest absolute Gasteiger partial charge is 0.487 e. The molecule has 0 aliphatic carbocycles. The number of carbonyl (C=O) groups is 1. The zero-order valence-electron chi connectivity index (χ0n) is 16.2. The van der Waals surface area contributed by atoms with Gasteiger partial charge in [0.2, 0.25) is 0 Å². The molecule has 3 aromatic rings. The van der Waals surface area contributed by atoms with Crippen LogP contribution in [0, 0.1) is 18.3 Å². The van der Waals surface area contributed by atoms with E-state index in [9.17, 15) is 10.1 Å². The normalized spacial score (nSPS) is 10.9. The van der Waals surface area contributed by atoms with Crippen LogP contribution in [0.3, 0.4) is 0 Å². The Hall–Kier alpha value is -3.26. The molecule has 1 amide bonds. The van der Waals surface area contributed by atoms with E-state index in [1.807, 2.05) is 49.4 Å². The van der Waals surface area contributed by atoms with Crippen LogP contribution in [0.15, 0.2) is 72.3 Å². The molecule has 3 aromatic carbocycles. The average molecular weight is 437 g/mol. The number of benzene rings is 3. The molecule has 0 aliphatic rings. The molecule has 0 saturated heterocycles. The van der Waals surface area contributed by atoms with E-state index in [2.05, 4.69) is 5.32 Å². The molecule has 0 unspecified atom stereocenters. The maximum atomic E-state index is 12.5. The van der Waals surface area contributed by atoms with Crippen LogP contribution in [-0.2, 0) is 11.4 Å². The molecule has 0 heterocycles. The van der Waals surface area contributed by atoms with Gasteiger partial charge in [-0.1, -0.05) is 65.7 Å². The van der Waals surface area contributed by atoms with Gasteiger partial charge in [0.15, 0.2) is 0 Å². The molecule has 0 aliphatic heterocycles. The van der Waals surface area contributed by atoms with E-state index >= 15 is 0 Å². The Kier molecular flexibility index (Phi) is 7.13. The molecule has 4 nitrogen and oxygen atoms in total. The minimum atomic E-state index is -0.484. The molecule has 0 radical (unpaired) electrons. The van der Waals surface area contributed by atoms with Gasteiger partial charge in [0.05, 0.1) is 5.02 Å². The highest BCUT2D eigenvalue weighted by molar-refractivity contribution is 6.32. The van der Waals surface area contributed by atoms with Crippen LogP contribution < -0.4 is 10.1 Å². The highest BCUT2D eigenvalue weighted by atomic mass is 35.5. The lowest BCUT2D eigenvalue weighted by Gasteiger charge is -2.10. The SMILES string of the molecule is Cc1ccccc1NC(=O)/C(C#N)=C/c1ccc(OCc2ccccc2Cl)c(Cl)c1. The number of halogens is 2. The monoisotopic (exact) mass is 436 g/mol. The molecule has 0 fully saturated rings. The maximum absolute atomic E-state index is 12.5. The topological polar surface area (TPSA) is 62.1 Å². The van der Waals surface area contributed by atoms with Gasteiger partial charge in [-0.15, -0.1) is 0 Å². The summed E-state index contributed by atoms with van der Waals surface area (Å²) >= 11 is 12.5. The summed E-state index contributed by atoms with van der Waals surface area (Å²) in [5, 5.41) is 13.2. The highest BCUT2D eigenvalue weighted by Gasteiger charge is 2.12. The van der Waals surface area contributed by atoms with Gasteiger partial charge in [-0.2, -0.15) is 5.26 Å². The van der Waals surface area contributed by atoms with E-state index in [1.165, 1.54) is 6.08 Å². The number of hydrogen-bond acceptors (Lipinski definition) is 3. The van der Waals surface area contributed by atoms with E-state index in [0.29, 0.717) is 27.0 Å². The van der Waals surface area contributed by atoms with Crippen molar-refractivity contribution < 1.29 is 9.53 Å². The summed E-state index contributed by atoms with van der Waals surface area (Å²) in [5.74, 6) is -0.00132. The van der Waals surface area contributed by atoms with Crippen LogP contribution in [0.4, 0.5) is 5.69 Å². The molecular weight excluding hydrogens is 419 g/mol. The first-order valence-corrected chi connectivity index (χ1v) is 9.88. The quantitative estimate of drug-likeness (QED) is 0.357. The second-order valence-electron chi connectivity index (χ2n) is 6.51. The summed E-state index contributed by atoms with van der Waals surface area (Å²) < 4.78 is 5.75. The zero-order chi connectivity index (χ0) is 21.5. The smallest absolute Gasteiger partial charge is 0.266 e. The van der Waals surface area contributed by atoms with Crippen LogP contribution >= 0.6 is 23.2 Å². The van der Waals surface area contributed by atoms with Crippen molar-refractivity contribution in [2.24, 2.45) is 0 Å². The minimum Gasteiger partial charge on any atom is -0.487 e. The molecule has 0 bridgehead atoms. The average Bonchev–Trinajstić information content (AvgIpc) is 2.74. The molecule has 30 heavy (non-hydrogen) atoms. The Morgan fingerprint density at radius 1 is 1.07 bits per heavy atom. The number of para-hydroxylation sites is 1. The molecule has 0 saturated carbocycles. The maximum Gasteiger partial charge on any atom is 0.266 e. The van der Waals surface area contributed by atoms with Crippen molar-refractivity contribution >= 4 is 40.9 Å². The third kappa shape index (κ3) is 5.42. The Labute approximate surface area is 185 Å². The molecule has 1 N–H and O–H groups in total. The highest BCUT2D eigenvalue weighted by Crippen LogP contribution is 2.28. The predicted octanol–water partition coefficient (Wildman–Crippen LogP) is 6.43. The van der Waals surface area contributed by atoms with Crippen LogP contribution in [0.25, 0.3) is 6.08 Å². The lowest BCUT2D eigenvalue weighted by molar-refractivity contribution is -0.112. The lowest BCUT2D eigenvalue weighted by atomic mass is 10.1. The Bertz CT molecular complexity index is 1150. The second kappa shape index (κ2) is 9.98. The van der Waals surface area contributed by atoms with Gasteiger partial charge in [0.25, 0.3) is 5.91 Å². The van der Waals surface area contributed by atoms with Crippen LogP contribution in [-0.4, -0.2) is 5.91 Å². The number of nitrogens with one attached hydrogen (secondary N) is 1. The van der Waals surface area contributed by atoms with Crippen molar-refractivity contribution in [1.29, 1.82) is 5.26 Å². The van der Waals surface area contributed by atoms with Gasteiger partial charge in [-0.3, -0.25) is 4.79 Å². The molecular formula is C24H18Cl2N2O2. The van der Waals surface area contributed by atoms with Gasteiger partial charge in [0, 0.05) is 16.3 Å². The van der Waals surface area contributed by atoms with Crippen molar-refractivity contribution in [1.82, 2.24) is 0 Å². The van der Waals surface area contributed by atoms with Crippen molar-refractivity contribution in [3.63, 3.8) is 0 Å². The summed E-state index contributed by atoms with van der Waals surface area (Å²) in [4.78, 5) is 12.5. The van der Waals surface area contributed by atoms with Crippen LogP contribution in [0.2, 0.25) is 10.0 Å². The first-order chi connectivity index (χ1) is 14.5. The van der Waals surface area contributed by atoms with E-state index in [4.69, 9.17) is 27.9 Å². The number of rotatable bonds is 6. The van der Waals surface area contributed by atoms with Crippen LogP contribution in [0.1, 0.15) is 16.7 Å². The van der Waals surface area contributed by atoms with Crippen LogP contribution in [0.5, 0.6) is 5.75 Å². The van der Waals surface area contributed by atoms with Crippen molar-refractivity contribution in [2.75, 3.05) is 5.32 Å². The standard InChI is InChI=1S/C24H18Cl2N2O2/c1-16-6-2-5-9-22(16)28-24(29)19(14-27)12-17-10-11-23(21(26)13-17)30-15-18-7-3-4-8-20(18)25/h2-13H,15H2,1H3,(H,28,29)/b19-12+. The number of nitriles is 1. The van der Waals surface area contributed by atoms with Crippen molar-refractivity contribution in [3.05, 3.63) is 99.0 Å². The van der Waals surface area contributed by atoms with Gasteiger partial charge in [-0.25, -0.2) is 0 Å². The van der Waals surface area contributed by atoms with E-state index in [0.717, 1.165) is 11.1 Å². The van der Waals surface area contributed by atoms with Crippen molar-refractivity contribution in [2.45, 2.75) is 13.5 Å². The Morgan fingerprint density at radius 2 is 1.80 bits per heavy atom. The summed E-state index contributed by atoms with van der Waals surface area (Å²) in [7, 11) is 0. The van der Waals surface area contributed by atoms with Gasteiger partial charge < -0.3 is 10.1 Å². The van der Waals surface area contributed by atoms with Gasteiger partial charge >= 0.3 is 0 Å². The second-order valence-corrected chi connectivity index (χ2v) is 7.32. The summed E-state index contributed by atoms with van der Waals surface area (Å²) in [5.41, 5.74) is 3.00. The fraction of sp³-hybridized carbons (Fsp3) is 0.0833. The van der Waals surface area contributed by atoms with E-state index in [1.54, 1.807) is 30.3 Å². The zero-order valence-corrected chi connectivity index (χ0v) is 17.7. The molecule has 0 spiro atoms. The number of carbonyl (C=O) groups excluding carboxylic acids is 1. The fourth-order valence-corrected chi connectivity index (χ4v) is 3.15. The summed E-state index contributed by atoms with van der Waals surface area (Å²) in [6.45, 7) is 2.16. The third-order valence-electron chi connectivity index (χ3n) is 4.37. The van der Waals surface area contributed by atoms with Gasteiger partial charge in [-0.05, 0) is 48.4 Å². The number of ether oxygens (including phenoxy) is 1. The molecule has 0 atom stereocenters. The number of anilines is 1. The Morgan fingerprint density at radius 3 is 2.50 bits per heavy atom. The summed E-state index contributed by atoms with van der Waals surface area (Å²) in [6, 6.07) is 21.8.